The SMILES string of the molecule is Fc1ccc(C2(CNC3CC3)CCCCC2)c(F)c1. The third kappa shape index (κ3) is 2.81. The summed E-state index contributed by atoms with van der Waals surface area (Å²) in [6.07, 6.45) is 8.01. The normalized spacial score (nSPS) is 22.4. The van der Waals surface area contributed by atoms with Gasteiger partial charge in [0.25, 0.3) is 0 Å². The van der Waals surface area contributed by atoms with Crippen molar-refractivity contribution >= 4 is 0 Å². The van der Waals surface area contributed by atoms with Gasteiger partial charge in [-0.3, -0.25) is 0 Å². The van der Waals surface area contributed by atoms with Crippen LogP contribution in [0.2, 0.25) is 0 Å². The zero-order valence-electron chi connectivity index (χ0n) is 11.2. The average molecular weight is 265 g/mol. The van der Waals surface area contributed by atoms with Crippen LogP contribution in [0, 0.1) is 11.6 Å². The topological polar surface area (TPSA) is 12.0 Å². The van der Waals surface area contributed by atoms with E-state index in [0.29, 0.717) is 11.6 Å². The lowest BCUT2D eigenvalue weighted by Gasteiger charge is -2.38. The Balaban J connectivity index is 1.87. The maximum Gasteiger partial charge on any atom is 0.129 e. The number of halogens is 2. The Labute approximate surface area is 113 Å². The Kier molecular flexibility index (Phi) is 3.57. The number of benzene rings is 1. The maximum atomic E-state index is 14.2. The Morgan fingerprint density at radius 2 is 1.84 bits per heavy atom. The molecule has 0 atom stereocenters. The third-order valence-electron chi connectivity index (χ3n) is 4.62. The predicted molar refractivity (Wildman–Crippen MR) is 72.1 cm³/mol. The molecule has 104 valence electrons. The molecule has 2 fully saturated rings. The van der Waals surface area contributed by atoms with Crippen LogP contribution in [0.1, 0.15) is 50.5 Å². The number of rotatable bonds is 4. The van der Waals surface area contributed by atoms with E-state index in [1.165, 1.54) is 25.3 Å². The van der Waals surface area contributed by atoms with E-state index in [1.807, 2.05) is 0 Å². The molecule has 0 aromatic heterocycles. The number of nitrogens with one attached hydrogen (secondary N) is 1. The first-order chi connectivity index (χ1) is 9.20. The van der Waals surface area contributed by atoms with Crippen molar-refractivity contribution in [3.05, 3.63) is 35.4 Å². The summed E-state index contributed by atoms with van der Waals surface area (Å²) in [5.74, 6) is -0.859. The van der Waals surface area contributed by atoms with Crippen LogP contribution in [0.4, 0.5) is 8.78 Å². The molecule has 2 saturated carbocycles. The van der Waals surface area contributed by atoms with Crippen molar-refractivity contribution in [1.29, 1.82) is 0 Å². The Morgan fingerprint density at radius 3 is 2.47 bits per heavy atom. The average Bonchev–Trinajstić information content (AvgIpc) is 3.21. The van der Waals surface area contributed by atoms with Crippen molar-refractivity contribution in [2.24, 2.45) is 0 Å². The molecule has 19 heavy (non-hydrogen) atoms. The molecule has 1 nitrogen and oxygen atoms in total. The quantitative estimate of drug-likeness (QED) is 0.870. The van der Waals surface area contributed by atoms with Crippen LogP contribution in [0.15, 0.2) is 18.2 Å². The molecule has 0 radical (unpaired) electrons. The van der Waals surface area contributed by atoms with E-state index in [-0.39, 0.29) is 11.2 Å². The minimum absolute atomic E-state index is 0.126. The van der Waals surface area contributed by atoms with E-state index in [4.69, 9.17) is 0 Å². The molecule has 0 heterocycles. The second-order valence-corrected chi connectivity index (χ2v) is 6.12. The molecule has 0 amide bonds. The maximum absolute atomic E-state index is 14.2. The number of hydrogen-bond acceptors (Lipinski definition) is 1. The number of hydrogen-bond donors (Lipinski definition) is 1. The van der Waals surface area contributed by atoms with E-state index in [9.17, 15) is 8.78 Å². The molecule has 0 bridgehead atoms. The van der Waals surface area contributed by atoms with Crippen molar-refractivity contribution < 1.29 is 8.78 Å². The highest BCUT2D eigenvalue weighted by Gasteiger charge is 2.37. The molecular formula is C16H21F2N. The molecule has 3 heteroatoms. The fourth-order valence-electron chi connectivity index (χ4n) is 3.32. The van der Waals surface area contributed by atoms with Gasteiger partial charge in [-0.15, -0.1) is 0 Å². The fourth-order valence-corrected chi connectivity index (χ4v) is 3.32. The summed E-state index contributed by atoms with van der Waals surface area (Å²) in [4.78, 5) is 0. The smallest absolute Gasteiger partial charge is 0.129 e. The zero-order chi connectivity index (χ0) is 13.3. The summed E-state index contributed by atoms with van der Waals surface area (Å²) < 4.78 is 27.3. The van der Waals surface area contributed by atoms with E-state index in [1.54, 1.807) is 6.07 Å². The molecule has 1 aromatic carbocycles. The van der Waals surface area contributed by atoms with Crippen LogP contribution in [0.5, 0.6) is 0 Å². The first kappa shape index (κ1) is 13.0. The zero-order valence-corrected chi connectivity index (χ0v) is 11.2. The first-order valence-electron chi connectivity index (χ1n) is 7.39. The predicted octanol–water partition coefficient (Wildman–Crippen LogP) is 3.92. The van der Waals surface area contributed by atoms with Gasteiger partial charge in [0.2, 0.25) is 0 Å². The van der Waals surface area contributed by atoms with Gasteiger partial charge < -0.3 is 5.32 Å². The van der Waals surface area contributed by atoms with Gasteiger partial charge in [0.1, 0.15) is 11.6 Å². The standard InChI is InChI=1S/C16H21F2N/c17-12-4-7-14(15(18)10-12)16(8-2-1-3-9-16)11-19-13-5-6-13/h4,7,10,13,19H,1-3,5-6,8-9,11H2. The molecule has 0 spiro atoms. The van der Waals surface area contributed by atoms with Gasteiger partial charge >= 0.3 is 0 Å². The van der Waals surface area contributed by atoms with Crippen molar-refractivity contribution in [1.82, 2.24) is 5.32 Å². The minimum Gasteiger partial charge on any atom is -0.313 e. The molecule has 3 rings (SSSR count). The summed E-state index contributed by atoms with van der Waals surface area (Å²) in [5.41, 5.74) is 0.584. The summed E-state index contributed by atoms with van der Waals surface area (Å²) in [5, 5.41) is 3.55. The van der Waals surface area contributed by atoms with E-state index in [0.717, 1.165) is 38.3 Å². The highest BCUT2D eigenvalue weighted by atomic mass is 19.1. The van der Waals surface area contributed by atoms with Gasteiger partial charge in [0.05, 0.1) is 0 Å². The second kappa shape index (κ2) is 5.20. The monoisotopic (exact) mass is 265 g/mol. The largest absolute Gasteiger partial charge is 0.313 e. The molecule has 0 aliphatic heterocycles. The molecule has 0 unspecified atom stereocenters. The van der Waals surface area contributed by atoms with Crippen LogP contribution in [0.25, 0.3) is 0 Å². The van der Waals surface area contributed by atoms with Gasteiger partial charge in [0.15, 0.2) is 0 Å². The van der Waals surface area contributed by atoms with Gasteiger partial charge in [-0.25, -0.2) is 8.78 Å². The van der Waals surface area contributed by atoms with E-state index < -0.39 is 5.82 Å². The fraction of sp³-hybridized carbons (Fsp3) is 0.625. The second-order valence-electron chi connectivity index (χ2n) is 6.12. The highest BCUT2D eigenvalue weighted by molar-refractivity contribution is 5.29. The Hall–Kier alpha value is -0.960. The lowest BCUT2D eigenvalue weighted by atomic mass is 9.69. The Bertz CT molecular complexity index is 448. The minimum atomic E-state index is -0.484. The van der Waals surface area contributed by atoms with Crippen molar-refractivity contribution in [2.45, 2.75) is 56.4 Å². The molecule has 0 saturated heterocycles. The first-order valence-corrected chi connectivity index (χ1v) is 7.39. The lowest BCUT2D eigenvalue weighted by Crippen LogP contribution is -2.41. The van der Waals surface area contributed by atoms with Crippen LogP contribution in [0.3, 0.4) is 0 Å². The van der Waals surface area contributed by atoms with Crippen molar-refractivity contribution in [2.75, 3.05) is 6.54 Å². The molecular weight excluding hydrogens is 244 g/mol. The summed E-state index contributed by atoms with van der Waals surface area (Å²) in [7, 11) is 0. The molecule has 1 aromatic rings. The van der Waals surface area contributed by atoms with Crippen LogP contribution in [-0.2, 0) is 5.41 Å². The highest BCUT2D eigenvalue weighted by Crippen LogP contribution is 2.40. The van der Waals surface area contributed by atoms with E-state index >= 15 is 0 Å². The van der Waals surface area contributed by atoms with Gasteiger partial charge in [-0.2, -0.15) is 0 Å². The third-order valence-corrected chi connectivity index (χ3v) is 4.62. The van der Waals surface area contributed by atoms with Gasteiger partial charge in [-0.1, -0.05) is 25.3 Å². The lowest BCUT2D eigenvalue weighted by molar-refractivity contribution is 0.270. The van der Waals surface area contributed by atoms with Gasteiger partial charge in [-0.05, 0) is 37.3 Å². The molecule has 1 N–H and O–H groups in total. The summed E-state index contributed by atoms with van der Waals surface area (Å²) in [6, 6.07) is 4.71. The van der Waals surface area contributed by atoms with E-state index in [2.05, 4.69) is 5.32 Å². The van der Waals surface area contributed by atoms with Crippen LogP contribution < -0.4 is 5.32 Å². The van der Waals surface area contributed by atoms with Crippen molar-refractivity contribution in [3.8, 4) is 0 Å². The molecule has 2 aliphatic rings. The van der Waals surface area contributed by atoms with Crippen molar-refractivity contribution in [3.63, 3.8) is 0 Å². The summed E-state index contributed by atoms with van der Waals surface area (Å²) >= 11 is 0. The van der Waals surface area contributed by atoms with Crippen LogP contribution >= 0.6 is 0 Å². The Morgan fingerprint density at radius 1 is 1.11 bits per heavy atom. The van der Waals surface area contributed by atoms with Crippen LogP contribution in [-0.4, -0.2) is 12.6 Å². The molecule has 2 aliphatic carbocycles. The summed E-state index contributed by atoms with van der Waals surface area (Å²) in [6.45, 7) is 0.834. The van der Waals surface area contributed by atoms with Gasteiger partial charge in [0, 0.05) is 24.1 Å².